The molecule has 0 radical (unpaired) electrons. The Kier molecular flexibility index (Phi) is 3.40. The first kappa shape index (κ1) is 13.4. The minimum atomic E-state index is -0.186. The standard InChI is InChI=1S/C15H18N2O2S/c1-15(2)7-12(11-5-3-4-6-13(11)19-15)16-8-10-9-20-14(18)17-10/h3-6,9,12,16H,7-8H2,1-2H3,(H,17,18). The molecule has 2 aromatic rings. The van der Waals surface area contributed by atoms with Gasteiger partial charge in [-0.1, -0.05) is 29.5 Å². The highest BCUT2D eigenvalue weighted by atomic mass is 32.1. The third-order valence-electron chi connectivity index (χ3n) is 3.49. The Morgan fingerprint density at radius 2 is 2.25 bits per heavy atom. The molecule has 1 aromatic heterocycles. The van der Waals surface area contributed by atoms with Crippen LogP contribution in [0.15, 0.2) is 34.4 Å². The maximum Gasteiger partial charge on any atom is 0.304 e. The van der Waals surface area contributed by atoms with Gasteiger partial charge < -0.3 is 15.0 Å². The summed E-state index contributed by atoms with van der Waals surface area (Å²) in [6, 6.07) is 8.36. The zero-order valence-corrected chi connectivity index (χ0v) is 12.4. The van der Waals surface area contributed by atoms with E-state index in [0.717, 1.165) is 17.9 Å². The van der Waals surface area contributed by atoms with Crippen molar-refractivity contribution in [1.82, 2.24) is 10.3 Å². The molecule has 1 atom stereocenters. The lowest BCUT2D eigenvalue weighted by Crippen LogP contribution is -2.39. The first-order chi connectivity index (χ1) is 9.53. The number of para-hydroxylation sites is 1. The third kappa shape index (κ3) is 2.78. The second-order valence-corrected chi connectivity index (χ2v) is 6.55. The first-order valence-electron chi connectivity index (χ1n) is 6.71. The molecule has 4 nitrogen and oxygen atoms in total. The second kappa shape index (κ2) is 5.07. The first-order valence-corrected chi connectivity index (χ1v) is 7.59. The van der Waals surface area contributed by atoms with E-state index < -0.39 is 0 Å². The maximum atomic E-state index is 11.2. The van der Waals surface area contributed by atoms with Gasteiger partial charge in [0.2, 0.25) is 0 Å². The van der Waals surface area contributed by atoms with Gasteiger partial charge in [0.05, 0.1) is 0 Å². The summed E-state index contributed by atoms with van der Waals surface area (Å²) >= 11 is 1.20. The fourth-order valence-corrected chi connectivity index (χ4v) is 3.20. The molecule has 5 heteroatoms. The summed E-state index contributed by atoms with van der Waals surface area (Å²) in [5.41, 5.74) is 1.93. The van der Waals surface area contributed by atoms with Crippen molar-refractivity contribution >= 4 is 11.3 Å². The number of thiazole rings is 1. The Morgan fingerprint density at radius 3 is 3.00 bits per heavy atom. The second-order valence-electron chi connectivity index (χ2n) is 5.71. The van der Waals surface area contributed by atoms with Crippen LogP contribution in [0.4, 0.5) is 0 Å². The Morgan fingerprint density at radius 1 is 1.45 bits per heavy atom. The minimum absolute atomic E-state index is 0.00509. The van der Waals surface area contributed by atoms with E-state index in [1.807, 2.05) is 23.6 Å². The van der Waals surface area contributed by atoms with Gasteiger partial charge in [-0.3, -0.25) is 4.79 Å². The van der Waals surface area contributed by atoms with Gasteiger partial charge in [0.15, 0.2) is 0 Å². The molecule has 0 amide bonds. The van der Waals surface area contributed by atoms with Crippen molar-refractivity contribution in [1.29, 1.82) is 0 Å². The average Bonchev–Trinajstić information content (AvgIpc) is 2.80. The van der Waals surface area contributed by atoms with E-state index in [-0.39, 0.29) is 16.5 Å². The summed E-state index contributed by atoms with van der Waals surface area (Å²) in [4.78, 5) is 14.0. The van der Waals surface area contributed by atoms with Crippen molar-refractivity contribution in [3.8, 4) is 5.75 Å². The van der Waals surface area contributed by atoms with Crippen LogP contribution in [0.25, 0.3) is 0 Å². The fourth-order valence-electron chi connectivity index (χ4n) is 2.62. The topological polar surface area (TPSA) is 54.1 Å². The molecule has 1 aliphatic heterocycles. The van der Waals surface area contributed by atoms with Crippen molar-refractivity contribution in [2.75, 3.05) is 0 Å². The van der Waals surface area contributed by atoms with E-state index in [2.05, 4.69) is 30.2 Å². The van der Waals surface area contributed by atoms with Crippen LogP contribution >= 0.6 is 11.3 Å². The summed E-state index contributed by atoms with van der Waals surface area (Å²) < 4.78 is 6.01. The zero-order chi connectivity index (χ0) is 14.2. The summed E-state index contributed by atoms with van der Waals surface area (Å²) in [6.45, 7) is 4.86. The Bertz CT molecular complexity index is 660. The monoisotopic (exact) mass is 290 g/mol. The fraction of sp³-hybridized carbons (Fsp3) is 0.400. The lowest BCUT2D eigenvalue weighted by Gasteiger charge is -2.38. The van der Waals surface area contributed by atoms with Crippen LogP contribution in [0, 0.1) is 0 Å². The van der Waals surface area contributed by atoms with E-state index in [1.165, 1.54) is 16.9 Å². The highest BCUT2D eigenvalue weighted by molar-refractivity contribution is 7.07. The number of ether oxygens (including phenoxy) is 1. The minimum Gasteiger partial charge on any atom is -0.487 e. The van der Waals surface area contributed by atoms with Gasteiger partial charge in [-0.2, -0.15) is 0 Å². The van der Waals surface area contributed by atoms with E-state index in [9.17, 15) is 4.79 Å². The van der Waals surface area contributed by atoms with Crippen molar-refractivity contribution in [3.05, 3.63) is 50.6 Å². The summed E-state index contributed by atoms with van der Waals surface area (Å²) in [5.74, 6) is 0.945. The van der Waals surface area contributed by atoms with Gasteiger partial charge in [-0.25, -0.2) is 0 Å². The molecular weight excluding hydrogens is 272 g/mol. The number of hydrogen-bond donors (Lipinski definition) is 2. The van der Waals surface area contributed by atoms with Crippen molar-refractivity contribution < 1.29 is 4.74 Å². The molecule has 106 valence electrons. The Labute approximate surface area is 121 Å². The molecule has 2 heterocycles. The number of nitrogens with one attached hydrogen (secondary N) is 2. The number of hydrogen-bond acceptors (Lipinski definition) is 4. The van der Waals surface area contributed by atoms with Crippen LogP contribution in [0.2, 0.25) is 0 Å². The molecule has 20 heavy (non-hydrogen) atoms. The van der Waals surface area contributed by atoms with Crippen molar-refractivity contribution in [3.63, 3.8) is 0 Å². The Balaban J connectivity index is 1.80. The van der Waals surface area contributed by atoms with Crippen LogP contribution in [0.3, 0.4) is 0 Å². The van der Waals surface area contributed by atoms with Crippen LogP contribution < -0.4 is 14.9 Å². The largest absolute Gasteiger partial charge is 0.487 e. The molecule has 3 rings (SSSR count). The van der Waals surface area contributed by atoms with Gasteiger partial charge in [-0.15, -0.1) is 0 Å². The van der Waals surface area contributed by atoms with Gasteiger partial charge in [0.1, 0.15) is 11.4 Å². The molecular formula is C15H18N2O2S. The third-order valence-corrected chi connectivity index (χ3v) is 4.20. The molecule has 1 unspecified atom stereocenters. The number of H-pyrrole nitrogens is 1. The molecule has 1 aliphatic rings. The predicted octanol–water partition coefficient (Wildman–Crippen LogP) is 2.83. The van der Waals surface area contributed by atoms with Crippen LogP contribution in [0.5, 0.6) is 5.75 Å². The lowest BCUT2D eigenvalue weighted by molar-refractivity contribution is 0.0656. The van der Waals surface area contributed by atoms with E-state index in [1.54, 1.807) is 0 Å². The normalized spacial score (nSPS) is 20.2. The molecule has 2 N–H and O–H groups in total. The van der Waals surface area contributed by atoms with Gasteiger partial charge in [-0.05, 0) is 19.9 Å². The van der Waals surface area contributed by atoms with Crippen molar-refractivity contribution in [2.24, 2.45) is 0 Å². The van der Waals surface area contributed by atoms with E-state index in [4.69, 9.17) is 4.74 Å². The Hall–Kier alpha value is -1.59. The summed E-state index contributed by atoms with van der Waals surface area (Å²) in [5, 5.41) is 5.39. The van der Waals surface area contributed by atoms with Crippen LogP contribution in [0.1, 0.15) is 37.6 Å². The predicted molar refractivity (Wildman–Crippen MR) is 80.3 cm³/mol. The highest BCUT2D eigenvalue weighted by Crippen LogP contribution is 2.39. The van der Waals surface area contributed by atoms with Gasteiger partial charge >= 0.3 is 4.87 Å². The molecule has 0 bridgehead atoms. The molecule has 0 aliphatic carbocycles. The quantitative estimate of drug-likeness (QED) is 0.914. The summed E-state index contributed by atoms with van der Waals surface area (Å²) in [6.07, 6.45) is 0.901. The number of aromatic nitrogens is 1. The summed E-state index contributed by atoms with van der Waals surface area (Å²) in [7, 11) is 0. The zero-order valence-electron chi connectivity index (χ0n) is 11.6. The number of rotatable bonds is 3. The highest BCUT2D eigenvalue weighted by Gasteiger charge is 2.33. The SMILES string of the molecule is CC1(C)CC(NCc2csc(=O)[nH]2)c2ccccc2O1. The van der Waals surface area contributed by atoms with Gasteiger partial charge in [0, 0.05) is 35.6 Å². The number of aromatic amines is 1. The molecule has 1 aromatic carbocycles. The number of benzene rings is 1. The van der Waals surface area contributed by atoms with E-state index >= 15 is 0 Å². The molecule has 0 spiro atoms. The smallest absolute Gasteiger partial charge is 0.304 e. The average molecular weight is 290 g/mol. The molecule has 0 fully saturated rings. The van der Waals surface area contributed by atoms with Gasteiger partial charge in [0.25, 0.3) is 0 Å². The van der Waals surface area contributed by atoms with E-state index in [0.29, 0.717) is 6.54 Å². The van der Waals surface area contributed by atoms with Crippen LogP contribution in [-0.4, -0.2) is 10.6 Å². The number of fused-ring (bicyclic) bond motifs is 1. The maximum absolute atomic E-state index is 11.2. The molecule has 0 saturated carbocycles. The van der Waals surface area contributed by atoms with Crippen LogP contribution in [-0.2, 0) is 6.54 Å². The lowest BCUT2D eigenvalue weighted by atomic mass is 9.89. The van der Waals surface area contributed by atoms with Crippen molar-refractivity contribution in [2.45, 2.75) is 38.5 Å². The molecule has 0 saturated heterocycles.